The van der Waals surface area contributed by atoms with Gasteiger partial charge in [0.2, 0.25) is 0 Å². The first kappa shape index (κ1) is 14.7. The monoisotopic (exact) mass is 265 g/mol. The minimum Gasteiger partial charge on any atom is -0.313 e. The highest BCUT2D eigenvalue weighted by atomic mass is 32.2. The molecule has 3 nitrogen and oxygen atoms in total. The number of nitrogens with one attached hydrogen (secondary N) is 1. The number of sulfone groups is 1. The van der Waals surface area contributed by atoms with Gasteiger partial charge in [-0.25, -0.2) is 8.42 Å². The molecule has 0 aliphatic carbocycles. The summed E-state index contributed by atoms with van der Waals surface area (Å²) in [5, 5.41) is 3.19. The van der Waals surface area contributed by atoms with Crippen molar-refractivity contribution in [2.45, 2.75) is 30.7 Å². The summed E-state index contributed by atoms with van der Waals surface area (Å²) in [7, 11) is -1.28. The van der Waals surface area contributed by atoms with Gasteiger partial charge < -0.3 is 5.32 Å². The maximum Gasteiger partial charge on any atom is 0.175 e. The topological polar surface area (TPSA) is 46.2 Å². The van der Waals surface area contributed by atoms with E-state index in [0.29, 0.717) is 4.90 Å². The van der Waals surface area contributed by atoms with E-state index in [4.69, 9.17) is 0 Å². The van der Waals surface area contributed by atoms with E-state index in [1.807, 2.05) is 20.0 Å². The Bertz CT molecular complexity index is 553. The Morgan fingerprint density at radius 2 is 2.11 bits per heavy atom. The van der Waals surface area contributed by atoms with Gasteiger partial charge >= 0.3 is 0 Å². The molecule has 1 aromatic rings. The molecular weight excluding hydrogens is 246 g/mol. The summed E-state index contributed by atoms with van der Waals surface area (Å²) in [6.45, 7) is 1.82. The van der Waals surface area contributed by atoms with Crippen molar-refractivity contribution in [2.24, 2.45) is 0 Å². The van der Waals surface area contributed by atoms with Gasteiger partial charge in [0.15, 0.2) is 9.84 Å². The molecular formula is C14H19NO2S. The number of rotatable bonds is 5. The standard InChI is InChI=1S/C14H19NO2S/c1-4-5-6-10-14(15-2)12-8-7-9-13(11-12)18(3,16)17/h7-9,11,14-15H,6,10H2,1-3H3. The fraction of sp³-hybridized carbons (Fsp3) is 0.429. The molecule has 1 unspecified atom stereocenters. The van der Waals surface area contributed by atoms with Gasteiger partial charge in [0, 0.05) is 18.7 Å². The van der Waals surface area contributed by atoms with Crippen LogP contribution in [0, 0.1) is 11.8 Å². The second-order valence-corrected chi connectivity index (χ2v) is 6.17. The third kappa shape index (κ3) is 4.17. The maximum atomic E-state index is 11.5. The van der Waals surface area contributed by atoms with Crippen LogP contribution in [0.4, 0.5) is 0 Å². The van der Waals surface area contributed by atoms with Crippen molar-refractivity contribution < 1.29 is 8.42 Å². The summed E-state index contributed by atoms with van der Waals surface area (Å²) >= 11 is 0. The van der Waals surface area contributed by atoms with Crippen LogP contribution in [0.1, 0.15) is 31.4 Å². The molecule has 0 saturated carbocycles. The third-order valence-corrected chi connectivity index (χ3v) is 3.88. The SMILES string of the molecule is CC#CCCC(NC)c1cccc(S(C)(=O)=O)c1. The molecule has 1 aromatic carbocycles. The zero-order valence-electron chi connectivity index (χ0n) is 11.0. The zero-order chi connectivity index (χ0) is 13.6. The van der Waals surface area contributed by atoms with Gasteiger partial charge in [-0.05, 0) is 38.1 Å². The average Bonchev–Trinajstić information content (AvgIpc) is 2.34. The molecule has 18 heavy (non-hydrogen) atoms. The predicted molar refractivity (Wildman–Crippen MR) is 74.0 cm³/mol. The van der Waals surface area contributed by atoms with E-state index in [-0.39, 0.29) is 6.04 Å². The Kier molecular flexibility index (Phi) is 5.39. The molecule has 1 atom stereocenters. The summed E-state index contributed by atoms with van der Waals surface area (Å²) in [4.78, 5) is 0.363. The molecule has 98 valence electrons. The van der Waals surface area contributed by atoms with Crippen LogP contribution in [-0.4, -0.2) is 21.7 Å². The van der Waals surface area contributed by atoms with Crippen LogP contribution >= 0.6 is 0 Å². The highest BCUT2D eigenvalue weighted by Gasteiger charge is 2.12. The normalized spacial score (nSPS) is 12.6. The Morgan fingerprint density at radius 1 is 1.39 bits per heavy atom. The van der Waals surface area contributed by atoms with Gasteiger partial charge in [0.25, 0.3) is 0 Å². The summed E-state index contributed by atoms with van der Waals surface area (Å²) in [5.41, 5.74) is 0.985. The van der Waals surface area contributed by atoms with Gasteiger partial charge in [-0.15, -0.1) is 11.8 Å². The van der Waals surface area contributed by atoms with Gasteiger partial charge in [-0.1, -0.05) is 12.1 Å². The number of hydrogen-bond acceptors (Lipinski definition) is 3. The lowest BCUT2D eigenvalue weighted by molar-refractivity contribution is 0.556. The van der Waals surface area contributed by atoms with E-state index < -0.39 is 9.84 Å². The molecule has 4 heteroatoms. The molecule has 0 heterocycles. The quantitative estimate of drug-likeness (QED) is 0.830. The molecule has 1 rings (SSSR count). The van der Waals surface area contributed by atoms with E-state index in [9.17, 15) is 8.42 Å². The van der Waals surface area contributed by atoms with Crippen molar-refractivity contribution in [1.82, 2.24) is 5.32 Å². The second-order valence-electron chi connectivity index (χ2n) is 4.15. The molecule has 0 fully saturated rings. The highest BCUT2D eigenvalue weighted by molar-refractivity contribution is 7.90. The Labute approximate surface area is 110 Å². The molecule has 0 amide bonds. The molecule has 1 N–H and O–H groups in total. The summed E-state index contributed by atoms with van der Waals surface area (Å²) in [6, 6.07) is 7.21. The molecule has 0 aliphatic rings. The van der Waals surface area contributed by atoms with E-state index in [1.54, 1.807) is 18.2 Å². The van der Waals surface area contributed by atoms with Crippen molar-refractivity contribution in [3.8, 4) is 11.8 Å². The molecule has 0 saturated heterocycles. The van der Waals surface area contributed by atoms with Crippen LogP contribution in [0.5, 0.6) is 0 Å². The lowest BCUT2D eigenvalue weighted by Gasteiger charge is -2.16. The van der Waals surface area contributed by atoms with Crippen molar-refractivity contribution in [2.75, 3.05) is 13.3 Å². The summed E-state index contributed by atoms with van der Waals surface area (Å²) in [5.74, 6) is 5.88. The largest absolute Gasteiger partial charge is 0.313 e. The maximum absolute atomic E-state index is 11.5. The van der Waals surface area contributed by atoms with Crippen LogP contribution in [0.2, 0.25) is 0 Å². The second kappa shape index (κ2) is 6.58. The van der Waals surface area contributed by atoms with E-state index in [0.717, 1.165) is 18.4 Å². The minimum absolute atomic E-state index is 0.132. The van der Waals surface area contributed by atoms with Gasteiger partial charge in [0.05, 0.1) is 4.90 Å². The first-order valence-electron chi connectivity index (χ1n) is 5.86. The van der Waals surface area contributed by atoms with E-state index in [2.05, 4.69) is 17.2 Å². The fourth-order valence-corrected chi connectivity index (χ4v) is 2.46. The fourth-order valence-electron chi connectivity index (χ4n) is 1.78. The molecule has 0 bridgehead atoms. The summed E-state index contributed by atoms with van der Waals surface area (Å²) < 4.78 is 23.0. The smallest absolute Gasteiger partial charge is 0.175 e. The Balaban J connectivity index is 2.95. The zero-order valence-corrected chi connectivity index (χ0v) is 11.8. The van der Waals surface area contributed by atoms with Crippen LogP contribution in [0.25, 0.3) is 0 Å². The number of hydrogen-bond donors (Lipinski definition) is 1. The average molecular weight is 265 g/mol. The van der Waals surface area contributed by atoms with E-state index >= 15 is 0 Å². The molecule has 0 spiro atoms. The van der Waals surface area contributed by atoms with Crippen LogP contribution < -0.4 is 5.32 Å². The number of benzene rings is 1. The lowest BCUT2D eigenvalue weighted by Crippen LogP contribution is -2.16. The van der Waals surface area contributed by atoms with E-state index in [1.165, 1.54) is 6.26 Å². The highest BCUT2D eigenvalue weighted by Crippen LogP contribution is 2.21. The minimum atomic E-state index is -3.15. The first-order chi connectivity index (χ1) is 8.49. The first-order valence-corrected chi connectivity index (χ1v) is 7.75. The van der Waals surface area contributed by atoms with Gasteiger partial charge in [-0.2, -0.15) is 0 Å². The van der Waals surface area contributed by atoms with Crippen molar-refractivity contribution >= 4 is 9.84 Å². The van der Waals surface area contributed by atoms with Gasteiger partial charge in [-0.3, -0.25) is 0 Å². The summed E-state index contributed by atoms with van der Waals surface area (Å²) in [6.07, 6.45) is 2.89. The molecule has 0 radical (unpaired) electrons. The van der Waals surface area contributed by atoms with Crippen molar-refractivity contribution in [3.63, 3.8) is 0 Å². The molecule has 0 aromatic heterocycles. The van der Waals surface area contributed by atoms with Crippen LogP contribution in [-0.2, 0) is 9.84 Å². The van der Waals surface area contributed by atoms with Crippen molar-refractivity contribution in [1.29, 1.82) is 0 Å². The van der Waals surface area contributed by atoms with Crippen LogP contribution in [0.3, 0.4) is 0 Å². The van der Waals surface area contributed by atoms with Gasteiger partial charge in [0.1, 0.15) is 0 Å². The van der Waals surface area contributed by atoms with Crippen molar-refractivity contribution in [3.05, 3.63) is 29.8 Å². The Hall–Kier alpha value is -1.31. The lowest BCUT2D eigenvalue weighted by atomic mass is 10.0. The van der Waals surface area contributed by atoms with Crippen LogP contribution in [0.15, 0.2) is 29.2 Å². The molecule has 0 aliphatic heterocycles. The Morgan fingerprint density at radius 3 is 2.67 bits per heavy atom. The third-order valence-electron chi connectivity index (χ3n) is 2.77. The predicted octanol–water partition coefficient (Wildman–Crippen LogP) is 2.15.